The maximum absolute atomic E-state index is 12.5. The Kier molecular flexibility index (Phi) is 4.29. The highest BCUT2D eigenvalue weighted by molar-refractivity contribution is 5.78. The second kappa shape index (κ2) is 6.64. The first kappa shape index (κ1) is 17.4. The number of hydrogen-bond donors (Lipinski definition) is 1. The highest BCUT2D eigenvalue weighted by Gasteiger charge is 2.30. The van der Waals surface area contributed by atoms with Crippen molar-refractivity contribution in [3.8, 4) is 0 Å². The van der Waals surface area contributed by atoms with Crippen LogP contribution in [0.4, 0.5) is 0 Å². The maximum atomic E-state index is 12.5. The van der Waals surface area contributed by atoms with Gasteiger partial charge in [-0.3, -0.25) is 14.7 Å². The van der Waals surface area contributed by atoms with Crippen molar-refractivity contribution in [2.75, 3.05) is 13.1 Å². The normalized spacial score (nSPS) is 17.1. The number of aromatic amines is 1. The van der Waals surface area contributed by atoms with Crippen LogP contribution in [-0.2, 0) is 17.6 Å². The van der Waals surface area contributed by atoms with Crippen molar-refractivity contribution >= 4 is 11.6 Å². The summed E-state index contributed by atoms with van der Waals surface area (Å²) < 4.78 is 6.15. The maximum Gasteiger partial charge on any atom is 0.272 e. The lowest BCUT2D eigenvalue weighted by Gasteiger charge is -2.15. The van der Waals surface area contributed by atoms with Crippen molar-refractivity contribution < 1.29 is 9.42 Å². The summed E-state index contributed by atoms with van der Waals surface area (Å²) in [4.78, 5) is 31.6. The van der Waals surface area contributed by atoms with Crippen LogP contribution in [-0.4, -0.2) is 48.8 Å². The van der Waals surface area contributed by atoms with Crippen LogP contribution in [0, 0.1) is 13.8 Å². The Morgan fingerprint density at radius 1 is 1.37 bits per heavy atom. The van der Waals surface area contributed by atoms with E-state index in [9.17, 15) is 9.59 Å². The Morgan fingerprint density at radius 2 is 2.19 bits per heavy atom. The van der Waals surface area contributed by atoms with Crippen molar-refractivity contribution in [1.82, 2.24) is 29.8 Å². The van der Waals surface area contributed by atoms with E-state index in [0.29, 0.717) is 30.1 Å². The van der Waals surface area contributed by atoms with Gasteiger partial charge < -0.3 is 4.90 Å². The zero-order valence-corrected chi connectivity index (χ0v) is 15.7. The van der Waals surface area contributed by atoms with Crippen LogP contribution >= 0.6 is 0 Å². The molecule has 9 heteroatoms. The van der Waals surface area contributed by atoms with Gasteiger partial charge in [-0.2, -0.15) is 0 Å². The average Bonchev–Trinajstić information content (AvgIpc) is 3.36. The molecule has 1 N–H and O–H groups in total. The zero-order valence-electron chi connectivity index (χ0n) is 15.7. The number of fused-ring (bicyclic) bond motifs is 1. The molecule has 142 valence electrons. The predicted octanol–water partition coefficient (Wildman–Crippen LogP) is 1.14. The molecule has 4 rings (SSSR count). The molecule has 0 saturated carbocycles. The quantitative estimate of drug-likeness (QED) is 0.738. The second-order valence-corrected chi connectivity index (χ2v) is 7.05. The van der Waals surface area contributed by atoms with Crippen LogP contribution in [0.3, 0.4) is 0 Å². The standard InChI is InChI=1S/C18H22N6O3/c1-4-13-10(2)18-19-15(8-17(26)24(18)20-13)12-5-6-23(9-12)16(25)7-14-11(3)21-27-22-14/h8,12,20H,4-7,9H2,1-3H3. The molecule has 3 aromatic heterocycles. The van der Waals surface area contributed by atoms with Gasteiger partial charge in [0.15, 0.2) is 5.65 Å². The van der Waals surface area contributed by atoms with E-state index in [1.54, 1.807) is 17.9 Å². The van der Waals surface area contributed by atoms with Gasteiger partial charge in [-0.25, -0.2) is 14.1 Å². The third-order valence-corrected chi connectivity index (χ3v) is 5.35. The van der Waals surface area contributed by atoms with E-state index in [2.05, 4.69) is 20.0 Å². The Hall–Kier alpha value is -2.97. The van der Waals surface area contributed by atoms with E-state index in [0.717, 1.165) is 29.8 Å². The summed E-state index contributed by atoms with van der Waals surface area (Å²) in [5.74, 6) is 0.0442. The largest absolute Gasteiger partial charge is 0.342 e. The van der Waals surface area contributed by atoms with Crippen LogP contribution in [0.25, 0.3) is 5.65 Å². The monoisotopic (exact) mass is 370 g/mol. The molecule has 0 radical (unpaired) electrons. The first-order valence-corrected chi connectivity index (χ1v) is 9.14. The Bertz CT molecular complexity index is 1060. The Labute approximate surface area is 155 Å². The molecular formula is C18H22N6O3. The summed E-state index contributed by atoms with van der Waals surface area (Å²) >= 11 is 0. The molecule has 27 heavy (non-hydrogen) atoms. The minimum atomic E-state index is -0.119. The molecule has 0 spiro atoms. The number of carbonyl (C=O) groups excluding carboxylic acids is 1. The van der Waals surface area contributed by atoms with Crippen molar-refractivity contribution in [1.29, 1.82) is 0 Å². The first-order valence-electron chi connectivity index (χ1n) is 9.14. The molecule has 9 nitrogen and oxygen atoms in total. The van der Waals surface area contributed by atoms with E-state index >= 15 is 0 Å². The van der Waals surface area contributed by atoms with E-state index < -0.39 is 0 Å². The van der Waals surface area contributed by atoms with E-state index in [-0.39, 0.29) is 23.8 Å². The van der Waals surface area contributed by atoms with E-state index in [1.165, 1.54) is 4.52 Å². The highest BCUT2D eigenvalue weighted by atomic mass is 16.6. The molecule has 4 heterocycles. The third kappa shape index (κ3) is 3.02. The van der Waals surface area contributed by atoms with Gasteiger partial charge in [0, 0.05) is 36.3 Å². The molecule has 1 fully saturated rings. The number of nitrogens with zero attached hydrogens (tertiary/aromatic N) is 5. The summed E-state index contributed by atoms with van der Waals surface area (Å²) in [5.41, 5.74) is 4.51. The molecule has 1 saturated heterocycles. The van der Waals surface area contributed by atoms with Crippen LogP contribution < -0.4 is 5.56 Å². The fourth-order valence-corrected chi connectivity index (χ4v) is 3.66. The predicted molar refractivity (Wildman–Crippen MR) is 96.6 cm³/mol. The van der Waals surface area contributed by atoms with Gasteiger partial charge in [0.2, 0.25) is 5.91 Å². The number of H-pyrrole nitrogens is 1. The number of aromatic nitrogens is 5. The topological polar surface area (TPSA) is 109 Å². The van der Waals surface area contributed by atoms with Crippen LogP contribution in [0.5, 0.6) is 0 Å². The van der Waals surface area contributed by atoms with Crippen LogP contribution in [0.2, 0.25) is 0 Å². The number of likely N-dealkylation sites (tertiary alicyclic amines) is 1. The summed E-state index contributed by atoms with van der Waals surface area (Å²) in [6.07, 6.45) is 1.77. The third-order valence-electron chi connectivity index (χ3n) is 5.35. The lowest BCUT2D eigenvalue weighted by atomic mass is 10.0. The molecule has 0 aliphatic carbocycles. The molecule has 1 amide bonds. The zero-order chi connectivity index (χ0) is 19.1. The SMILES string of the molecule is CCc1[nH]n2c(=O)cc(C3CCN(C(=O)Cc4nonc4C)C3)nc2c1C. The minimum absolute atomic E-state index is 0.0137. The molecule has 1 atom stereocenters. The number of rotatable bonds is 4. The lowest BCUT2D eigenvalue weighted by molar-refractivity contribution is -0.129. The number of hydrogen-bond acceptors (Lipinski definition) is 6. The smallest absolute Gasteiger partial charge is 0.272 e. The Balaban J connectivity index is 1.55. The second-order valence-electron chi connectivity index (χ2n) is 7.05. The molecular weight excluding hydrogens is 348 g/mol. The molecule has 0 aromatic carbocycles. The molecule has 1 aliphatic heterocycles. The molecule has 1 aliphatic rings. The summed E-state index contributed by atoms with van der Waals surface area (Å²) in [7, 11) is 0. The number of amides is 1. The Morgan fingerprint density at radius 3 is 2.89 bits per heavy atom. The van der Waals surface area contributed by atoms with Gasteiger partial charge in [-0.15, -0.1) is 0 Å². The van der Waals surface area contributed by atoms with Crippen molar-refractivity contribution in [3.63, 3.8) is 0 Å². The molecule has 3 aromatic rings. The average molecular weight is 370 g/mol. The minimum Gasteiger partial charge on any atom is -0.342 e. The van der Waals surface area contributed by atoms with Gasteiger partial charge in [-0.05, 0) is 26.7 Å². The van der Waals surface area contributed by atoms with E-state index in [1.807, 2.05) is 13.8 Å². The lowest BCUT2D eigenvalue weighted by Crippen LogP contribution is -2.30. The first-order chi connectivity index (χ1) is 13.0. The fraction of sp³-hybridized carbons (Fsp3) is 0.500. The van der Waals surface area contributed by atoms with Gasteiger partial charge in [0.05, 0.1) is 12.1 Å². The molecule has 0 bridgehead atoms. The number of aryl methyl sites for hydroxylation is 3. The van der Waals surface area contributed by atoms with Gasteiger partial charge in [-0.1, -0.05) is 17.2 Å². The van der Waals surface area contributed by atoms with Crippen LogP contribution in [0.1, 0.15) is 47.6 Å². The summed E-state index contributed by atoms with van der Waals surface area (Å²) in [6.45, 7) is 6.97. The van der Waals surface area contributed by atoms with Gasteiger partial charge >= 0.3 is 0 Å². The van der Waals surface area contributed by atoms with E-state index in [4.69, 9.17) is 4.98 Å². The van der Waals surface area contributed by atoms with Gasteiger partial charge in [0.1, 0.15) is 11.4 Å². The number of carbonyl (C=O) groups is 1. The summed E-state index contributed by atoms with van der Waals surface area (Å²) in [5, 5.41) is 10.6. The van der Waals surface area contributed by atoms with Crippen molar-refractivity contribution in [2.45, 2.75) is 46.0 Å². The summed E-state index contributed by atoms with van der Waals surface area (Å²) in [6, 6.07) is 1.58. The van der Waals surface area contributed by atoms with Crippen molar-refractivity contribution in [2.24, 2.45) is 0 Å². The fourth-order valence-electron chi connectivity index (χ4n) is 3.66. The molecule has 1 unspecified atom stereocenters. The highest BCUT2D eigenvalue weighted by Crippen LogP contribution is 2.26. The van der Waals surface area contributed by atoms with Crippen molar-refractivity contribution in [3.05, 3.63) is 44.8 Å². The van der Waals surface area contributed by atoms with Crippen LogP contribution in [0.15, 0.2) is 15.5 Å². The number of nitrogens with one attached hydrogen (secondary N) is 1. The van der Waals surface area contributed by atoms with Gasteiger partial charge in [0.25, 0.3) is 5.56 Å².